The zero-order chi connectivity index (χ0) is 10.7. The minimum absolute atomic E-state index is 0.833. The van der Waals surface area contributed by atoms with Crippen LogP contribution in [0.25, 0.3) is 0 Å². The molecule has 0 bridgehead atoms. The molecule has 0 atom stereocenters. The summed E-state index contributed by atoms with van der Waals surface area (Å²) in [6.07, 6.45) is 1.89. The van der Waals surface area contributed by atoms with Crippen molar-refractivity contribution in [3.63, 3.8) is 0 Å². The van der Waals surface area contributed by atoms with E-state index in [1.54, 1.807) is 11.3 Å². The first kappa shape index (κ1) is 10.6. The largest absolute Gasteiger partial charge is 0.380 e. The van der Waals surface area contributed by atoms with E-state index < -0.39 is 0 Å². The Kier molecular flexibility index (Phi) is 3.38. The van der Waals surface area contributed by atoms with Crippen molar-refractivity contribution in [1.29, 1.82) is 0 Å². The van der Waals surface area contributed by atoms with E-state index in [-0.39, 0.29) is 0 Å². The molecular weight excluding hydrogens is 272 g/mol. The maximum atomic E-state index is 4.04. The van der Waals surface area contributed by atoms with E-state index in [1.165, 1.54) is 10.4 Å². The van der Waals surface area contributed by atoms with Crippen molar-refractivity contribution >= 4 is 33.0 Å². The molecule has 0 unspecified atom stereocenters. The number of halogens is 1. The summed E-state index contributed by atoms with van der Waals surface area (Å²) < 4.78 is 1.14. The lowest BCUT2D eigenvalue weighted by Crippen LogP contribution is -1.97. The van der Waals surface area contributed by atoms with Crippen LogP contribution in [0, 0.1) is 6.92 Å². The molecule has 2 nitrogen and oxygen atoms in total. The standard InChI is InChI=1S/C11H11BrN2S/c1-8-2-3-9(4-11(8)12)14-6-10-5-13-7-15-10/h2-5,7,14H,6H2,1H3. The Labute approximate surface area is 101 Å². The van der Waals surface area contributed by atoms with E-state index in [0.717, 1.165) is 16.7 Å². The second-order valence-corrected chi connectivity index (χ2v) is 5.11. The van der Waals surface area contributed by atoms with Crippen LogP contribution >= 0.6 is 27.3 Å². The Balaban J connectivity index is 2.02. The van der Waals surface area contributed by atoms with E-state index in [2.05, 4.69) is 51.4 Å². The number of thiazole rings is 1. The van der Waals surface area contributed by atoms with Gasteiger partial charge in [-0.25, -0.2) is 0 Å². The maximum absolute atomic E-state index is 4.04. The van der Waals surface area contributed by atoms with E-state index in [1.807, 2.05) is 11.7 Å². The second-order valence-electron chi connectivity index (χ2n) is 3.29. The molecule has 2 aromatic rings. The molecule has 1 N–H and O–H groups in total. The Morgan fingerprint density at radius 3 is 3.00 bits per heavy atom. The molecular formula is C11H11BrN2S. The number of benzene rings is 1. The third kappa shape index (κ3) is 2.79. The number of hydrogen-bond donors (Lipinski definition) is 1. The van der Waals surface area contributed by atoms with Gasteiger partial charge in [-0.1, -0.05) is 22.0 Å². The van der Waals surface area contributed by atoms with Crippen LogP contribution in [0.4, 0.5) is 5.69 Å². The Hall–Kier alpha value is -0.870. The quantitative estimate of drug-likeness (QED) is 0.926. The molecule has 2 rings (SSSR count). The van der Waals surface area contributed by atoms with Crippen LogP contribution in [0.2, 0.25) is 0 Å². The summed E-state index contributed by atoms with van der Waals surface area (Å²) in [5, 5.41) is 3.36. The molecule has 0 aliphatic rings. The first-order valence-electron chi connectivity index (χ1n) is 4.63. The molecule has 0 radical (unpaired) electrons. The van der Waals surface area contributed by atoms with Crippen LogP contribution in [0.5, 0.6) is 0 Å². The molecule has 1 aromatic carbocycles. The first-order chi connectivity index (χ1) is 7.25. The first-order valence-corrected chi connectivity index (χ1v) is 6.30. The SMILES string of the molecule is Cc1ccc(NCc2cncs2)cc1Br. The molecule has 0 spiro atoms. The van der Waals surface area contributed by atoms with Gasteiger partial charge in [0.1, 0.15) is 0 Å². The highest BCUT2D eigenvalue weighted by molar-refractivity contribution is 9.10. The Morgan fingerprint density at radius 2 is 2.33 bits per heavy atom. The van der Waals surface area contributed by atoms with Gasteiger partial charge in [0.2, 0.25) is 0 Å². The zero-order valence-electron chi connectivity index (χ0n) is 8.33. The highest BCUT2D eigenvalue weighted by Crippen LogP contribution is 2.21. The molecule has 15 heavy (non-hydrogen) atoms. The molecule has 0 amide bonds. The third-order valence-corrected chi connectivity index (χ3v) is 3.76. The fourth-order valence-corrected chi connectivity index (χ4v) is 2.13. The van der Waals surface area contributed by atoms with Crippen molar-refractivity contribution in [1.82, 2.24) is 4.98 Å². The summed E-state index contributed by atoms with van der Waals surface area (Å²) in [7, 11) is 0. The van der Waals surface area contributed by atoms with Gasteiger partial charge in [0, 0.05) is 21.2 Å². The van der Waals surface area contributed by atoms with Crippen molar-refractivity contribution < 1.29 is 0 Å². The van der Waals surface area contributed by atoms with E-state index in [0.29, 0.717) is 0 Å². The Bertz CT molecular complexity index is 440. The molecule has 0 aliphatic heterocycles. The average Bonchev–Trinajstić information content (AvgIpc) is 2.73. The number of nitrogens with zero attached hydrogens (tertiary/aromatic N) is 1. The molecule has 1 heterocycles. The van der Waals surface area contributed by atoms with Crippen LogP contribution in [0.3, 0.4) is 0 Å². The third-order valence-electron chi connectivity index (χ3n) is 2.12. The van der Waals surface area contributed by atoms with Crippen LogP contribution in [-0.4, -0.2) is 4.98 Å². The number of hydrogen-bond acceptors (Lipinski definition) is 3. The molecule has 0 saturated carbocycles. The lowest BCUT2D eigenvalue weighted by molar-refractivity contribution is 1.17. The van der Waals surface area contributed by atoms with Crippen molar-refractivity contribution in [2.45, 2.75) is 13.5 Å². The van der Waals surface area contributed by atoms with Crippen LogP contribution in [0.1, 0.15) is 10.4 Å². The van der Waals surface area contributed by atoms with Crippen LogP contribution < -0.4 is 5.32 Å². The lowest BCUT2D eigenvalue weighted by Gasteiger charge is -2.06. The molecule has 1 aromatic heterocycles. The predicted octanol–water partition coefficient (Wildman–Crippen LogP) is 3.83. The molecule has 4 heteroatoms. The molecule has 0 saturated heterocycles. The number of rotatable bonds is 3. The Morgan fingerprint density at radius 1 is 1.47 bits per heavy atom. The number of anilines is 1. The monoisotopic (exact) mass is 282 g/mol. The topological polar surface area (TPSA) is 24.9 Å². The highest BCUT2D eigenvalue weighted by Gasteiger charge is 1.98. The minimum atomic E-state index is 0.833. The summed E-state index contributed by atoms with van der Waals surface area (Å²) in [4.78, 5) is 5.28. The fraction of sp³-hybridized carbons (Fsp3) is 0.182. The molecule has 0 aliphatic carbocycles. The van der Waals surface area contributed by atoms with Gasteiger partial charge in [-0.15, -0.1) is 11.3 Å². The maximum Gasteiger partial charge on any atom is 0.0794 e. The van der Waals surface area contributed by atoms with Crippen molar-refractivity contribution in [3.8, 4) is 0 Å². The predicted molar refractivity (Wildman–Crippen MR) is 68.3 cm³/mol. The van der Waals surface area contributed by atoms with Gasteiger partial charge in [-0.05, 0) is 24.6 Å². The van der Waals surface area contributed by atoms with Gasteiger partial charge in [-0.2, -0.15) is 0 Å². The molecule has 0 fully saturated rings. The minimum Gasteiger partial charge on any atom is -0.380 e. The highest BCUT2D eigenvalue weighted by atomic mass is 79.9. The van der Waals surface area contributed by atoms with Gasteiger partial charge >= 0.3 is 0 Å². The smallest absolute Gasteiger partial charge is 0.0794 e. The second kappa shape index (κ2) is 4.77. The number of aromatic nitrogens is 1. The summed E-state index contributed by atoms with van der Waals surface area (Å²) in [5.74, 6) is 0. The zero-order valence-corrected chi connectivity index (χ0v) is 10.7. The summed E-state index contributed by atoms with van der Waals surface area (Å²) in [6, 6.07) is 6.27. The normalized spacial score (nSPS) is 10.3. The number of aryl methyl sites for hydroxylation is 1. The van der Waals surface area contributed by atoms with Gasteiger partial charge < -0.3 is 5.32 Å². The van der Waals surface area contributed by atoms with Gasteiger partial charge in [0.15, 0.2) is 0 Å². The van der Waals surface area contributed by atoms with E-state index in [4.69, 9.17) is 0 Å². The molecule has 78 valence electrons. The summed E-state index contributed by atoms with van der Waals surface area (Å²) >= 11 is 5.18. The van der Waals surface area contributed by atoms with Crippen molar-refractivity contribution in [2.24, 2.45) is 0 Å². The van der Waals surface area contributed by atoms with Crippen molar-refractivity contribution in [3.05, 3.63) is 44.8 Å². The van der Waals surface area contributed by atoms with E-state index in [9.17, 15) is 0 Å². The average molecular weight is 283 g/mol. The summed E-state index contributed by atoms with van der Waals surface area (Å²) in [6.45, 7) is 2.91. The van der Waals surface area contributed by atoms with E-state index >= 15 is 0 Å². The van der Waals surface area contributed by atoms with Crippen LogP contribution in [-0.2, 0) is 6.54 Å². The van der Waals surface area contributed by atoms with Gasteiger partial charge in [0.05, 0.1) is 12.1 Å². The van der Waals surface area contributed by atoms with Crippen molar-refractivity contribution in [2.75, 3.05) is 5.32 Å². The van der Waals surface area contributed by atoms with Crippen LogP contribution in [0.15, 0.2) is 34.4 Å². The fourth-order valence-electron chi connectivity index (χ4n) is 1.22. The van der Waals surface area contributed by atoms with Gasteiger partial charge in [0.25, 0.3) is 0 Å². The van der Waals surface area contributed by atoms with Gasteiger partial charge in [-0.3, -0.25) is 4.98 Å². The summed E-state index contributed by atoms with van der Waals surface area (Å²) in [5.41, 5.74) is 4.22. The number of nitrogens with one attached hydrogen (secondary N) is 1. The lowest BCUT2D eigenvalue weighted by atomic mass is 10.2.